The molecule has 0 radical (unpaired) electrons. The van der Waals surface area contributed by atoms with Crippen molar-refractivity contribution in [1.29, 1.82) is 0 Å². The number of benzene rings is 1. The molecule has 7 nitrogen and oxygen atoms in total. The maximum absolute atomic E-state index is 12.7. The summed E-state index contributed by atoms with van der Waals surface area (Å²) in [6.45, 7) is 0. The van der Waals surface area contributed by atoms with E-state index in [9.17, 15) is 21.6 Å². The first kappa shape index (κ1) is 21.2. The van der Waals surface area contributed by atoms with Gasteiger partial charge in [-0.15, -0.1) is 0 Å². The number of sulfonamides is 1. The molecule has 2 N–H and O–H groups in total. The molecule has 5 rings (SSSR count). The molecule has 2 fully saturated rings. The Bertz CT molecular complexity index is 1240. The van der Waals surface area contributed by atoms with Crippen LogP contribution in [0.5, 0.6) is 0 Å². The topological polar surface area (TPSA) is 91.0 Å². The van der Waals surface area contributed by atoms with Gasteiger partial charge in [0.05, 0.1) is 15.8 Å². The van der Waals surface area contributed by atoms with Gasteiger partial charge in [0, 0.05) is 25.3 Å². The minimum Gasteiger partial charge on any atom is -0.356 e. The van der Waals surface area contributed by atoms with Crippen LogP contribution in [-0.4, -0.2) is 42.5 Å². The summed E-state index contributed by atoms with van der Waals surface area (Å²) in [4.78, 5) is 13.7. The Balaban J connectivity index is 1.18. The summed E-state index contributed by atoms with van der Waals surface area (Å²) in [6, 6.07) is 5.63. The molecule has 32 heavy (non-hydrogen) atoms. The van der Waals surface area contributed by atoms with Gasteiger partial charge in [0.2, 0.25) is 10.0 Å². The van der Waals surface area contributed by atoms with Gasteiger partial charge in [0.1, 0.15) is 17.8 Å². The lowest BCUT2D eigenvalue weighted by Gasteiger charge is -2.59. The summed E-state index contributed by atoms with van der Waals surface area (Å²) in [7, 11) is -1.85. The monoisotopic (exact) mass is 465 g/mol. The molecule has 3 aromatic rings. The van der Waals surface area contributed by atoms with Crippen molar-refractivity contribution in [3.63, 3.8) is 0 Å². The number of aromatic nitrogens is 3. The quantitative estimate of drug-likeness (QED) is 0.600. The molecule has 1 spiro atoms. The molecule has 2 aliphatic rings. The second-order valence-corrected chi connectivity index (χ2v) is 10.6. The predicted octanol–water partition coefficient (Wildman–Crippen LogP) is 3.70. The molecule has 0 bridgehead atoms. The number of rotatable bonds is 5. The van der Waals surface area contributed by atoms with Gasteiger partial charge in [-0.05, 0) is 61.4 Å². The van der Waals surface area contributed by atoms with Gasteiger partial charge in [-0.1, -0.05) is 0 Å². The van der Waals surface area contributed by atoms with E-state index < -0.39 is 21.8 Å². The molecule has 0 atom stereocenters. The van der Waals surface area contributed by atoms with Crippen molar-refractivity contribution in [3.05, 3.63) is 48.4 Å². The maximum atomic E-state index is 12.7. The molecular weight excluding hydrogens is 443 g/mol. The summed E-state index contributed by atoms with van der Waals surface area (Å²) in [5, 5.41) is 0.965. The fourth-order valence-electron chi connectivity index (χ4n) is 5.04. The first-order valence-electron chi connectivity index (χ1n) is 10.3. The number of halogens is 3. The summed E-state index contributed by atoms with van der Waals surface area (Å²) < 4.78 is 65.8. The van der Waals surface area contributed by atoms with Crippen LogP contribution >= 0.6 is 0 Å². The van der Waals surface area contributed by atoms with Crippen LogP contribution in [0.25, 0.3) is 11.0 Å². The van der Waals surface area contributed by atoms with E-state index in [0.29, 0.717) is 6.04 Å². The molecule has 11 heteroatoms. The third-order valence-electron chi connectivity index (χ3n) is 6.72. The number of nitrogens with one attached hydrogen (secondary N) is 2. The Kier molecular flexibility index (Phi) is 4.75. The van der Waals surface area contributed by atoms with E-state index in [1.807, 2.05) is 19.3 Å². The van der Waals surface area contributed by atoms with Crippen LogP contribution in [0.15, 0.2) is 47.8 Å². The Morgan fingerprint density at radius 1 is 1.09 bits per heavy atom. The molecule has 0 aliphatic heterocycles. The van der Waals surface area contributed by atoms with Crippen molar-refractivity contribution in [2.45, 2.75) is 48.8 Å². The number of H-pyrrole nitrogens is 1. The predicted molar refractivity (Wildman–Crippen MR) is 113 cm³/mol. The van der Waals surface area contributed by atoms with Crippen molar-refractivity contribution < 1.29 is 21.6 Å². The zero-order valence-corrected chi connectivity index (χ0v) is 18.0. The van der Waals surface area contributed by atoms with E-state index in [0.717, 1.165) is 66.8 Å². The number of anilines is 1. The van der Waals surface area contributed by atoms with Crippen LogP contribution in [0, 0.1) is 5.41 Å². The van der Waals surface area contributed by atoms with Gasteiger partial charge < -0.3 is 9.88 Å². The SMILES string of the molecule is CN(c1ncnc2[nH]ccc12)C1CC2(CC(NS(=O)(=O)c3ccc(C(F)(F)F)cc3)C2)C1. The number of hydrogen-bond donors (Lipinski definition) is 2. The van der Waals surface area contributed by atoms with E-state index in [2.05, 4.69) is 24.6 Å². The van der Waals surface area contributed by atoms with Gasteiger partial charge >= 0.3 is 6.18 Å². The summed E-state index contributed by atoms with van der Waals surface area (Å²) in [5.74, 6) is 0.870. The normalized spacial score (nSPS) is 25.5. The third kappa shape index (κ3) is 3.62. The number of hydrogen-bond acceptors (Lipinski definition) is 5. The van der Waals surface area contributed by atoms with Gasteiger partial charge in [0.15, 0.2) is 0 Å². The van der Waals surface area contributed by atoms with Gasteiger partial charge in [-0.25, -0.2) is 23.1 Å². The van der Waals surface area contributed by atoms with Gasteiger partial charge in [-0.3, -0.25) is 0 Å². The smallest absolute Gasteiger partial charge is 0.356 e. The zero-order valence-electron chi connectivity index (χ0n) is 17.2. The molecule has 2 aromatic heterocycles. The highest BCUT2D eigenvalue weighted by atomic mass is 32.2. The van der Waals surface area contributed by atoms with E-state index in [1.54, 1.807) is 0 Å². The van der Waals surface area contributed by atoms with E-state index in [-0.39, 0.29) is 16.4 Å². The Morgan fingerprint density at radius 3 is 2.44 bits per heavy atom. The average Bonchev–Trinajstić information content (AvgIpc) is 3.16. The van der Waals surface area contributed by atoms with Crippen molar-refractivity contribution in [3.8, 4) is 0 Å². The van der Waals surface area contributed by atoms with Crippen molar-refractivity contribution >= 4 is 26.9 Å². The summed E-state index contributed by atoms with van der Waals surface area (Å²) in [5.41, 5.74) is 0.0258. The molecule has 1 aromatic carbocycles. The highest BCUT2D eigenvalue weighted by Gasteiger charge is 2.54. The van der Waals surface area contributed by atoms with Crippen LogP contribution in [0.4, 0.5) is 19.0 Å². The first-order valence-corrected chi connectivity index (χ1v) is 11.8. The van der Waals surface area contributed by atoms with Crippen LogP contribution in [-0.2, 0) is 16.2 Å². The Hall–Kier alpha value is -2.66. The number of fused-ring (bicyclic) bond motifs is 1. The minimum atomic E-state index is -4.50. The average molecular weight is 466 g/mol. The molecule has 2 aliphatic carbocycles. The number of alkyl halides is 3. The lowest BCUT2D eigenvalue weighted by atomic mass is 9.52. The summed E-state index contributed by atoms with van der Waals surface area (Å²) >= 11 is 0. The second-order valence-electron chi connectivity index (χ2n) is 8.86. The molecule has 2 saturated carbocycles. The lowest BCUT2D eigenvalue weighted by Crippen LogP contribution is -2.60. The Labute approximate surface area is 183 Å². The summed E-state index contributed by atoms with van der Waals surface area (Å²) in [6.07, 6.45) is 2.20. The van der Waals surface area contributed by atoms with E-state index in [4.69, 9.17) is 0 Å². The van der Waals surface area contributed by atoms with Crippen LogP contribution < -0.4 is 9.62 Å². The maximum Gasteiger partial charge on any atom is 0.416 e. The van der Waals surface area contributed by atoms with E-state index >= 15 is 0 Å². The minimum absolute atomic E-state index is 0.108. The standard InChI is InChI=1S/C21H22F3N5O2S/c1-29(19-17-6-7-25-18(17)26-12-27-19)15-10-20(11-15)8-14(9-20)28-32(30,31)16-4-2-13(3-5-16)21(22,23)24/h2-7,12,14-15,28H,8-11H2,1H3,(H,25,26,27). The largest absolute Gasteiger partial charge is 0.416 e. The molecular formula is C21H22F3N5O2S. The van der Waals surface area contributed by atoms with E-state index in [1.165, 1.54) is 6.33 Å². The molecule has 0 unspecified atom stereocenters. The van der Waals surface area contributed by atoms with Crippen LogP contribution in [0.1, 0.15) is 31.2 Å². The Morgan fingerprint density at radius 2 is 1.78 bits per heavy atom. The third-order valence-corrected chi connectivity index (χ3v) is 8.26. The van der Waals surface area contributed by atoms with Crippen molar-refractivity contribution in [1.82, 2.24) is 19.7 Å². The first-order chi connectivity index (χ1) is 15.1. The van der Waals surface area contributed by atoms with Crippen LogP contribution in [0.3, 0.4) is 0 Å². The number of nitrogens with zero attached hydrogens (tertiary/aromatic N) is 3. The molecule has 0 saturated heterocycles. The second kappa shape index (κ2) is 7.17. The van der Waals surface area contributed by atoms with Crippen molar-refractivity contribution in [2.24, 2.45) is 5.41 Å². The van der Waals surface area contributed by atoms with Crippen molar-refractivity contribution in [2.75, 3.05) is 11.9 Å². The highest BCUT2D eigenvalue weighted by molar-refractivity contribution is 7.89. The van der Waals surface area contributed by atoms with Gasteiger partial charge in [-0.2, -0.15) is 13.2 Å². The zero-order chi connectivity index (χ0) is 22.7. The fraction of sp³-hybridized carbons (Fsp3) is 0.429. The molecule has 2 heterocycles. The lowest BCUT2D eigenvalue weighted by molar-refractivity contribution is -0.137. The molecule has 0 amide bonds. The fourth-order valence-corrected chi connectivity index (χ4v) is 6.28. The number of aromatic amines is 1. The molecule has 170 valence electrons. The van der Waals surface area contributed by atoms with Gasteiger partial charge in [0.25, 0.3) is 0 Å². The highest BCUT2D eigenvalue weighted by Crippen LogP contribution is 2.57. The van der Waals surface area contributed by atoms with Crippen LogP contribution in [0.2, 0.25) is 0 Å².